The van der Waals surface area contributed by atoms with Crippen LogP contribution in [0, 0.1) is 0 Å². The van der Waals surface area contributed by atoms with Gasteiger partial charge in [0.2, 0.25) is 0 Å². The predicted molar refractivity (Wildman–Crippen MR) is 107 cm³/mol. The molecule has 0 bridgehead atoms. The fraction of sp³-hybridized carbons (Fsp3) is 0.524. The molecular weight excluding hydrogens is 374 g/mol. The molecule has 1 aromatic carbocycles. The van der Waals surface area contributed by atoms with E-state index in [0.29, 0.717) is 40.9 Å². The SMILES string of the molecule is COC(=O)C1=C(C[NH2+]C2CCCCC2)NC(=O)N[C@H]1c1ccc(OC)c(OC)c1. The van der Waals surface area contributed by atoms with Crippen LogP contribution in [0.4, 0.5) is 4.79 Å². The third kappa shape index (κ3) is 4.82. The summed E-state index contributed by atoms with van der Waals surface area (Å²) in [5, 5.41) is 7.87. The van der Waals surface area contributed by atoms with Gasteiger partial charge < -0.3 is 30.2 Å². The van der Waals surface area contributed by atoms with Crippen LogP contribution < -0.4 is 25.4 Å². The van der Waals surface area contributed by atoms with Gasteiger partial charge in [-0.15, -0.1) is 0 Å². The van der Waals surface area contributed by atoms with Gasteiger partial charge in [0, 0.05) is 0 Å². The first-order valence-corrected chi connectivity index (χ1v) is 10.0. The van der Waals surface area contributed by atoms with Gasteiger partial charge in [0.25, 0.3) is 0 Å². The van der Waals surface area contributed by atoms with Crippen molar-refractivity contribution in [2.75, 3.05) is 27.9 Å². The minimum atomic E-state index is -0.634. The number of amides is 2. The number of carbonyl (C=O) groups is 2. The number of nitrogens with two attached hydrogens (primary N) is 1. The van der Waals surface area contributed by atoms with Crippen LogP contribution in [-0.4, -0.2) is 45.9 Å². The molecule has 0 saturated heterocycles. The Balaban J connectivity index is 1.93. The Bertz CT molecular complexity index is 787. The standard InChI is InChI=1S/C21H29N3O5/c1-27-16-10-9-13(11-17(16)28-2)19-18(20(25)29-3)15(23-21(26)24-19)12-22-14-7-5-4-6-8-14/h9-11,14,19,22H,4-8,12H2,1-3H3,(H2,23,24,26)/p+1/t19-/m0/s1. The minimum absolute atomic E-state index is 0.343. The van der Waals surface area contributed by atoms with Gasteiger partial charge in [0.15, 0.2) is 11.5 Å². The molecule has 1 aliphatic carbocycles. The van der Waals surface area contributed by atoms with E-state index in [1.807, 2.05) is 6.07 Å². The molecule has 0 aromatic heterocycles. The van der Waals surface area contributed by atoms with E-state index < -0.39 is 12.0 Å². The van der Waals surface area contributed by atoms with E-state index in [9.17, 15) is 9.59 Å². The number of hydrogen-bond acceptors (Lipinski definition) is 5. The van der Waals surface area contributed by atoms with E-state index in [0.717, 1.165) is 12.8 Å². The molecule has 2 amide bonds. The van der Waals surface area contributed by atoms with Crippen molar-refractivity contribution in [3.63, 3.8) is 0 Å². The molecule has 1 aromatic rings. The summed E-state index contributed by atoms with van der Waals surface area (Å²) in [7, 11) is 4.45. The molecule has 1 saturated carbocycles. The number of quaternary nitrogens is 1. The lowest BCUT2D eigenvalue weighted by molar-refractivity contribution is -0.685. The van der Waals surface area contributed by atoms with E-state index in [1.165, 1.54) is 26.4 Å². The summed E-state index contributed by atoms with van der Waals surface area (Å²) < 4.78 is 15.7. The molecule has 1 atom stereocenters. The topological polar surface area (TPSA) is 102 Å². The van der Waals surface area contributed by atoms with Crippen molar-refractivity contribution < 1.29 is 29.1 Å². The third-order valence-corrected chi connectivity index (χ3v) is 5.61. The summed E-state index contributed by atoms with van der Waals surface area (Å²) in [5.74, 6) is 0.632. The van der Waals surface area contributed by atoms with E-state index >= 15 is 0 Å². The highest BCUT2D eigenvalue weighted by atomic mass is 16.5. The highest BCUT2D eigenvalue weighted by Crippen LogP contribution is 2.34. The van der Waals surface area contributed by atoms with Crippen LogP contribution in [0.25, 0.3) is 0 Å². The van der Waals surface area contributed by atoms with Gasteiger partial charge >= 0.3 is 12.0 Å². The Hall–Kier alpha value is -2.74. The number of esters is 1. The molecule has 4 N–H and O–H groups in total. The fourth-order valence-corrected chi connectivity index (χ4v) is 4.07. The highest BCUT2D eigenvalue weighted by molar-refractivity contribution is 5.95. The molecule has 8 nitrogen and oxygen atoms in total. The van der Waals surface area contributed by atoms with Crippen LogP contribution >= 0.6 is 0 Å². The summed E-state index contributed by atoms with van der Waals surface area (Å²) in [5.41, 5.74) is 1.71. The Morgan fingerprint density at radius 3 is 2.48 bits per heavy atom. The monoisotopic (exact) mass is 404 g/mol. The van der Waals surface area contributed by atoms with Crippen molar-refractivity contribution in [2.24, 2.45) is 0 Å². The van der Waals surface area contributed by atoms with Crippen molar-refractivity contribution in [1.82, 2.24) is 10.6 Å². The largest absolute Gasteiger partial charge is 0.493 e. The lowest BCUT2D eigenvalue weighted by Crippen LogP contribution is -2.91. The molecule has 1 fully saturated rings. The minimum Gasteiger partial charge on any atom is -0.493 e. The lowest BCUT2D eigenvalue weighted by atomic mass is 9.93. The fourth-order valence-electron chi connectivity index (χ4n) is 4.07. The van der Waals surface area contributed by atoms with Gasteiger partial charge in [-0.2, -0.15) is 0 Å². The first-order chi connectivity index (χ1) is 14.1. The summed E-state index contributed by atoms with van der Waals surface area (Å²) in [4.78, 5) is 25.0. The molecule has 1 heterocycles. The first-order valence-electron chi connectivity index (χ1n) is 10.0. The van der Waals surface area contributed by atoms with Crippen molar-refractivity contribution >= 4 is 12.0 Å². The van der Waals surface area contributed by atoms with E-state index in [4.69, 9.17) is 14.2 Å². The average Bonchev–Trinajstić information content (AvgIpc) is 2.76. The van der Waals surface area contributed by atoms with Crippen molar-refractivity contribution in [3.8, 4) is 11.5 Å². The molecule has 2 aliphatic rings. The van der Waals surface area contributed by atoms with Gasteiger partial charge in [-0.25, -0.2) is 9.59 Å². The lowest BCUT2D eigenvalue weighted by Gasteiger charge is -2.29. The summed E-state index contributed by atoms with van der Waals surface area (Å²) in [6.45, 7) is 0.520. The molecule has 0 spiro atoms. The maximum atomic E-state index is 12.7. The average molecular weight is 404 g/mol. The van der Waals surface area contributed by atoms with Crippen LogP contribution in [0.2, 0.25) is 0 Å². The molecule has 0 radical (unpaired) electrons. The van der Waals surface area contributed by atoms with Gasteiger partial charge in [-0.3, -0.25) is 0 Å². The normalized spacial score (nSPS) is 20.0. The zero-order chi connectivity index (χ0) is 20.8. The number of benzene rings is 1. The number of hydrogen-bond donors (Lipinski definition) is 3. The van der Waals surface area contributed by atoms with Crippen LogP contribution in [0.15, 0.2) is 29.5 Å². The summed E-state index contributed by atoms with van der Waals surface area (Å²) >= 11 is 0. The van der Waals surface area contributed by atoms with E-state index in [1.54, 1.807) is 26.4 Å². The van der Waals surface area contributed by atoms with Gasteiger partial charge in [-0.1, -0.05) is 12.5 Å². The second-order valence-electron chi connectivity index (χ2n) is 7.37. The molecule has 29 heavy (non-hydrogen) atoms. The zero-order valence-electron chi connectivity index (χ0n) is 17.2. The van der Waals surface area contributed by atoms with Crippen LogP contribution in [0.1, 0.15) is 43.7 Å². The summed E-state index contributed by atoms with van der Waals surface area (Å²) in [6.07, 6.45) is 6.05. The number of urea groups is 1. The van der Waals surface area contributed by atoms with Crippen molar-refractivity contribution in [1.29, 1.82) is 0 Å². The number of methoxy groups -OCH3 is 3. The Morgan fingerprint density at radius 1 is 1.10 bits per heavy atom. The number of rotatable bonds is 7. The Labute approximate surface area is 171 Å². The van der Waals surface area contributed by atoms with E-state index in [2.05, 4.69) is 16.0 Å². The Kier molecular flexibility index (Phi) is 6.98. The summed E-state index contributed by atoms with van der Waals surface area (Å²) in [6, 6.07) is 4.87. The molecule has 3 rings (SSSR count). The quantitative estimate of drug-likeness (QED) is 0.596. The molecule has 1 aliphatic heterocycles. The maximum absolute atomic E-state index is 12.7. The van der Waals surface area contributed by atoms with Crippen LogP contribution in [0.5, 0.6) is 11.5 Å². The maximum Gasteiger partial charge on any atom is 0.338 e. The van der Waals surface area contributed by atoms with Crippen LogP contribution in [-0.2, 0) is 9.53 Å². The predicted octanol–water partition coefficient (Wildman–Crippen LogP) is 1.38. The van der Waals surface area contributed by atoms with Gasteiger partial charge in [0.1, 0.15) is 6.54 Å². The number of ether oxygens (including phenoxy) is 3. The second-order valence-corrected chi connectivity index (χ2v) is 7.37. The van der Waals surface area contributed by atoms with Crippen molar-refractivity contribution in [2.45, 2.75) is 44.2 Å². The zero-order valence-corrected chi connectivity index (χ0v) is 17.2. The highest BCUT2D eigenvalue weighted by Gasteiger charge is 2.35. The second kappa shape index (κ2) is 9.65. The van der Waals surface area contributed by atoms with Gasteiger partial charge in [0.05, 0.1) is 44.7 Å². The van der Waals surface area contributed by atoms with Crippen molar-refractivity contribution in [3.05, 3.63) is 35.0 Å². The number of carbonyl (C=O) groups excluding carboxylic acids is 2. The third-order valence-electron chi connectivity index (χ3n) is 5.61. The molecule has 0 unspecified atom stereocenters. The van der Waals surface area contributed by atoms with E-state index in [-0.39, 0.29) is 6.03 Å². The molecular formula is C21H30N3O5+. The first kappa shape index (κ1) is 21.0. The number of nitrogens with one attached hydrogen (secondary N) is 2. The molecule has 8 heteroatoms. The van der Waals surface area contributed by atoms with Crippen LogP contribution in [0.3, 0.4) is 0 Å². The smallest absolute Gasteiger partial charge is 0.338 e. The molecule has 158 valence electrons. The van der Waals surface area contributed by atoms with Gasteiger partial charge in [-0.05, 0) is 43.4 Å². The Morgan fingerprint density at radius 2 is 1.83 bits per heavy atom.